The lowest BCUT2D eigenvalue weighted by atomic mass is 10.00. The lowest BCUT2D eigenvalue weighted by molar-refractivity contribution is 0.295. The minimum Gasteiger partial charge on any atom is -0.339 e. The molecule has 18 heavy (non-hydrogen) atoms. The molecule has 0 unspecified atom stereocenters. The van der Waals surface area contributed by atoms with Crippen LogP contribution in [0.3, 0.4) is 0 Å². The molecule has 1 aromatic carbocycles. The van der Waals surface area contributed by atoms with Gasteiger partial charge in [0.2, 0.25) is 5.89 Å². The highest BCUT2D eigenvalue weighted by atomic mass is 32.2. The van der Waals surface area contributed by atoms with Crippen LogP contribution in [0.1, 0.15) is 11.7 Å². The van der Waals surface area contributed by atoms with Crippen molar-refractivity contribution in [2.24, 2.45) is 5.92 Å². The van der Waals surface area contributed by atoms with E-state index >= 15 is 0 Å². The van der Waals surface area contributed by atoms with Crippen molar-refractivity contribution >= 4 is 11.8 Å². The molecule has 1 aliphatic heterocycles. The topological polar surface area (TPSA) is 51.0 Å². The highest BCUT2D eigenvalue weighted by molar-refractivity contribution is 7.98. The molecule has 1 fully saturated rings. The second-order valence-electron chi connectivity index (χ2n) is 4.43. The Bertz CT molecular complexity index is 496. The van der Waals surface area contributed by atoms with E-state index in [2.05, 4.69) is 27.6 Å². The highest BCUT2D eigenvalue weighted by Crippen LogP contribution is 2.21. The minimum atomic E-state index is 0.667. The molecule has 3 rings (SSSR count). The lowest BCUT2D eigenvalue weighted by Gasteiger charge is -2.25. The molecule has 0 bridgehead atoms. The second kappa shape index (κ2) is 5.54. The molecule has 0 radical (unpaired) electrons. The Morgan fingerprint density at radius 3 is 2.83 bits per heavy atom. The van der Waals surface area contributed by atoms with E-state index in [0.29, 0.717) is 5.92 Å². The van der Waals surface area contributed by atoms with Gasteiger partial charge in [-0.3, -0.25) is 0 Å². The maximum atomic E-state index is 5.26. The van der Waals surface area contributed by atoms with Gasteiger partial charge in [0.1, 0.15) is 0 Å². The summed E-state index contributed by atoms with van der Waals surface area (Å²) < 4.78 is 5.26. The monoisotopic (exact) mass is 261 g/mol. The standard InChI is InChI=1S/C13H15N3OS/c1-2-4-11(5-3-1)18-9-12-15-13(17-16-12)6-10-7-14-8-10/h1-5,10,14H,6-9H2. The summed E-state index contributed by atoms with van der Waals surface area (Å²) >= 11 is 1.73. The fraction of sp³-hybridized carbons (Fsp3) is 0.385. The first-order valence-corrected chi connectivity index (χ1v) is 7.09. The Morgan fingerprint density at radius 1 is 1.28 bits per heavy atom. The lowest BCUT2D eigenvalue weighted by Crippen LogP contribution is -2.43. The fourth-order valence-electron chi connectivity index (χ4n) is 1.84. The van der Waals surface area contributed by atoms with Crippen LogP contribution < -0.4 is 5.32 Å². The fourth-order valence-corrected chi connectivity index (χ4v) is 2.60. The molecule has 0 saturated carbocycles. The SMILES string of the molecule is c1ccc(SCc2noc(CC3CNC3)n2)cc1. The molecule has 1 aliphatic rings. The van der Waals surface area contributed by atoms with Gasteiger partial charge in [-0.05, 0) is 31.1 Å². The quantitative estimate of drug-likeness (QED) is 0.836. The molecule has 5 heteroatoms. The van der Waals surface area contributed by atoms with Crippen LogP contribution in [0.2, 0.25) is 0 Å². The number of benzene rings is 1. The predicted molar refractivity (Wildman–Crippen MR) is 70.4 cm³/mol. The average Bonchev–Trinajstić information content (AvgIpc) is 2.81. The van der Waals surface area contributed by atoms with Crippen LogP contribution >= 0.6 is 11.8 Å². The second-order valence-corrected chi connectivity index (χ2v) is 5.48. The van der Waals surface area contributed by atoms with Crippen LogP contribution in [0.4, 0.5) is 0 Å². The number of rotatable bonds is 5. The number of aromatic nitrogens is 2. The maximum Gasteiger partial charge on any atom is 0.227 e. The molecule has 2 aromatic rings. The molecule has 0 spiro atoms. The molecule has 2 heterocycles. The van der Waals surface area contributed by atoms with Crippen LogP contribution in [0.15, 0.2) is 39.8 Å². The first-order valence-electron chi connectivity index (χ1n) is 6.10. The molecule has 1 aromatic heterocycles. The summed E-state index contributed by atoms with van der Waals surface area (Å²) in [4.78, 5) is 5.65. The Labute approximate surface area is 110 Å². The number of hydrogen-bond donors (Lipinski definition) is 1. The Kier molecular flexibility index (Phi) is 3.61. The summed E-state index contributed by atoms with van der Waals surface area (Å²) in [5.41, 5.74) is 0. The molecule has 1 N–H and O–H groups in total. The first kappa shape index (κ1) is 11.7. The first-order chi connectivity index (χ1) is 8.90. The van der Waals surface area contributed by atoms with E-state index in [1.165, 1.54) is 4.90 Å². The number of nitrogens with one attached hydrogen (secondary N) is 1. The minimum absolute atomic E-state index is 0.667. The van der Waals surface area contributed by atoms with Gasteiger partial charge >= 0.3 is 0 Å². The third kappa shape index (κ3) is 2.91. The zero-order chi connectivity index (χ0) is 12.2. The molecule has 0 aliphatic carbocycles. The van der Waals surface area contributed by atoms with E-state index in [1.54, 1.807) is 11.8 Å². The summed E-state index contributed by atoms with van der Waals surface area (Å²) in [6.45, 7) is 2.13. The zero-order valence-corrected chi connectivity index (χ0v) is 10.8. The molecule has 0 amide bonds. The Balaban J connectivity index is 1.53. The van der Waals surface area contributed by atoms with Gasteiger partial charge in [-0.25, -0.2) is 0 Å². The molecule has 1 saturated heterocycles. The number of hydrogen-bond acceptors (Lipinski definition) is 5. The highest BCUT2D eigenvalue weighted by Gasteiger charge is 2.20. The van der Waals surface area contributed by atoms with Crippen molar-refractivity contribution in [2.45, 2.75) is 17.1 Å². The molecular weight excluding hydrogens is 246 g/mol. The van der Waals surface area contributed by atoms with Gasteiger partial charge in [-0.2, -0.15) is 4.98 Å². The number of thioether (sulfide) groups is 1. The van der Waals surface area contributed by atoms with Crippen molar-refractivity contribution in [3.8, 4) is 0 Å². The van der Waals surface area contributed by atoms with Crippen LogP contribution in [0, 0.1) is 5.92 Å². The van der Waals surface area contributed by atoms with Crippen molar-refractivity contribution in [2.75, 3.05) is 13.1 Å². The number of nitrogens with zero attached hydrogens (tertiary/aromatic N) is 2. The van der Waals surface area contributed by atoms with Crippen molar-refractivity contribution < 1.29 is 4.52 Å². The largest absolute Gasteiger partial charge is 0.339 e. The smallest absolute Gasteiger partial charge is 0.227 e. The van der Waals surface area contributed by atoms with Crippen molar-refractivity contribution in [1.29, 1.82) is 0 Å². The van der Waals surface area contributed by atoms with E-state index < -0.39 is 0 Å². The summed E-state index contributed by atoms with van der Waals surface area (Å²) in [6.07, 6.45) is 0.899. The van der Waals surface area contributed by atoms with Crippen molar-refractivity contribution in [3.05, 3.63) is 42.0 Å². The average molecular weight is 261 g/mol. The third-order valence-electron chi connectivity index (χ3n) is 2.95. The normalized spacial score (nSPS) is 15.6. The molecule has 4 nitrogen and oxygen atoms in total. The Hall–Kier alpha value is -1.33. The Morgan fingerprint density at radius 2 is 2.11 bits per heavy atom. The van der Waals surface area contributed by atoms with Gasteiger partial charge in [-0.1, -0.05) is 23.4 Å². The van der Waals surface area contributed by atoms with Crippen LogP contribution in [-0.4, -0.2) is 23.2 Å². The molecule has 94 valence electrons. The van der Waals surface area contributed by atoms with Crippen LogP contribution in [0.5, 0.6) is 0 Å². The van der Waals surface area contributed by atoms with Crippen LogP contribution in [0.25, 0.3) is 0 Å². The third-order valence-corrected chi connectivity index (χ3v) is 3.96. The van der Waals surface area contributed by atoms with E-state index in [4.69, 9.17) is 4.52 Å². The van der Waals surface area contributed by atoms with Gasteiger partial charge in [0, 0.05) is 11.3 Å². The van der Waals surface area contributed by atoms with Crippen molar-refractivity contribution in [3.63, 3.8) is 0 Å². The molecular formula is C13H15N3OS. The summed E-state index contributed by atoms with van der Waals surface area (Å²) in [7, 11) is 0. The van der Waals surface area contributed by atoms with Crippen molar-refractivity contribution in [1.82, 2.24) is 15.5 Å². The van der Waals surface area contributed by atoms with Gasteiger partial charge < -0.3 is 9.84 Å². The summed E-state index contributed by atoms with van der Waals surface area (Å²) in [5, 5.41) is 7.26. The molecule has 0 atom stereocenters. The van der Waals surface area contributed by atoms with E-state index in [0.717, 1.165) is 37.0 Å². The van der Waals surface area contributed by atoms with Gasteiger partial charge in [-0.15, -0.1) is 11.8 Å². The van der Waals surface area contributed by atoms with E-state index in [-0.39, 0.29) is 0 Å². The van der Waals surface area contributed by atoms with E-state index in [1.807, 2.05) is 18.2 Å². The van der Waals surface area contributed by atoms with Gasteiger partial charge in [0.05, 0.1) is 5.75 Å². The predicted octanol–water partition coefficient (Wildman–Crippen LogP) is 2.12. The van der Waals surface area contributed by atoms with Gasteiger partial charge in [0.25, 0.3) is 0 Å². The zero-order valence-electron chi connectivity index (χ0n) is 10.0. The summed E-state index contributed by atoms with van der Waals surface area (Å²) in [6, 6.07) is 10.3. The van der Waals surface area contributed by atoms with Crippen LogP contribution in [-0.2, 0) is 12.2 Å². The maximum absolute atomic E-state index is 5.26. The van der Waals surface area contributed by atoms with E-state index in [9.17, 15) is 0 Å². The van der Waals surface area contributed by atoms with Gasteiger partial charge in [0.15, 0.2) is 5.82 Å². The summed E-state index contributed by atoms with van der Waals surface area (Å²) in [5.74, 6) is 2.98.